The van der Waals surface area contributed by atoms with E-state index >= 15 is 0 Å². The number of hydrogen-bond acceptors (Lipinski definition) is 3. The van der Waals surface area contributed by atoms with Crippen molar-refractivity contribution in [2.24, 2.45) is 0 Å². The highest BCUT2D eigenvalue weighted by Gasteiger charge is 2.36. The van der Waals surface area contributed by atoms with Crippen molar-refractivity contribution in [1.82, 2.24) is 4.90 Å². The quantitative estimate of drug-likeness (QED) is 0.795. The summed E-state index contributed by atoms with van der Waals surface area (Å²) < 4.78 is 11.4. The molecule has 0 bridgehead atoms. The van der Waals surface area contributed by atoms with Gasteiger partial charge in [0, 0.05) is 19.5 Å². The molecule has 0 N–H and O–H groups in total. The number of methoxy groups -OCH3 is 1. The molecular formula is C20H27NO3. The van der Waals surface area contributed by atoms with E-state index in [0.29, 0.717) is 6.42 Å². The van der Waals surface area contributed by atoms with Crippen molar-refractivity contribution < 1.29 is 14.3 Å². The number of hydrogen-bond donors (Lipinski definition) is 0. The van der Waals surface area contributed by atoms with Gasteiger partial charge in [-0.3, -0.25) is 4.79 Å². The number of aryl methyl sites for hydroxylation is 1. The first-order valence-electron chi connectivity index (χ1n) is 8.84. The van der Waals surface area contributed by atoms with Gasteiger partial charge in [-0.25, -0.2) is 0 Å². The summed E-state index contributed by atoms with van der Waals surface area (Å²) in [5.41, 5.74) is 2.38. The first-order chi connectivity index (χ1) is 11.6. The molecule has 0 unspecified atom stereocenters. The highest BCUT2D eigenvalue weighted by molar-refractivity contribution is 5.76. The van der Waals surface area contributed by atoms with Gasteiger partial charge in [-0.15, -0.1) is 0 Å². The van der Waals surface area contributed by atoms with Crippen LogP contribution in [-0.2, 0) is 16.0 Å². The van der Waals surface area contributed by atoms with Crippen molar-refractivity contribution >= 4 is 5.91 Å². The molecule has 1 fully saturated rings. The average Bonchev–Trinajstić information content (AvgIpc) is 2.60. The fourth-order valence-electron chi connectivity index (χ4n) is 3.71. The third-order valence-corrected chi connectivity index (χ3v) is 5.16. The maximum absolute atomic E-state index is 12.5. The van der Waals surface area contributed by atoms with E-state index in [-0.39, 0.29) is 11.5 Å². The number of ether oxygens (including phenoxy) is 2. The standard InChI is InChI=1S/C20H27NO3/c1-16-9-14-24-20(15-16)10-12-21(13-11-20)19(22)8-7-17-5-3-4-6-18(17)23-2/h3-6,15H,7-14H2,1-2H3. The second-order valence-electron chi connectivity index (χ2n) is 6.85. The number of benzene rings is 1. The minimum absolute atomic E-state index is 0.123. The number of carbonyl (C=O) groups is 1. The van der Waals surface area contributed by atoms with Crippen molar-refractivity contribution in [3.05, 3.63) is 41.5 Å². The molecule has 0 aromatic heterocycles. The Labute approximate surface area is 144 Å². The molecule has 4 nitrogen and oxygen atoms in total. The molecule has 3 rings (SSSR count). The van der Waals surface area contributed by atoms with E-state index in [1.165, 1.54) is 5.57 Å². The number of likely N-dealkylation sites (tertiary alicyclic amines) is 1. The van der Waals surface area contributed by atoms with Gasteiger partial charge in [0.1, 0.15) is 5.75 Å². The molecule has 0 aliphatic carbocycles. The van der Waals surface area contributed by atoms with Crippen molar-refractivity contribution in [3.63, 3.8) is 0 Å². The van der Waals surface area contributed by atoms with E-state index in [0.717, 1.165) is 56.7 Å². The Morgan fingerprint density at radius 2 is 2.04 bits per heavy atom. The van der Waals surface area contributed by atoms with Crippen LogP contribution in [-0.4, -0.2) is 43.2 Å². The lowest BCUT2D eigenvalue weighted by atomic mass is 9.87. The number of piperidine rings is 1. The smallest absolute Gasteiger partial charge is 0.222 e. The first kappa shape index (κ1) is 17.0. The highest BCUT2D eigenvalue weighted by Crippen LogP contribution is 2.33. The van der Waals surface area contributed by atoms with Gasteiger partial charge >= 0.3 is 0 Å². The highest BCUT2D eigenvalue weighted by atomic mass is 16.5. The number of rotatable bonds is 4. The van der Waals surface area contributed by atoms with Crippen LogP contribution in [0.4, 0.5) is 0 Å². The van der Waals surface area contributed by atoms with E-state index in [1.807, 2.05) is 29.2 Å². The van der Waals surface area contributed by atoms with Gasteiger partial charge in [0.05, 0.1) is 19.3 Å². The second kappa shape index (κ2) is 7.39. The second-order valence-corrected chi connectivity index (χ2v) is 6.85. The fraction of sp³-hybridized carbons (Fsp3) is 0.550. The zero-order chi connectivity index (χ0) is 17.0. The molecule has 2 aliphatic heterocycles. The molecule has 130 valence electrons. The van der Waals surface area contributed by atoms with E-state index < -0.39 is 0 Å². The summed E-state index contributed by atoms with van der Waals surface area (Å²) in [7, 11) is 1.67. The van der Waals surface area contributed by atoms with Crippen LogP contribution in [0.3, 0.4) is 0 Å². The van der Waals surface area contributed by atoms with Crippen LogP contribution in [0.5, 0.6) is 5.75 Å². The summed E-state index contributed by atoms with van der Waals surface area (Å²) in [6.07, 6.45) is 6.38. The fourth-order valence-corrected chi connectivity index (χ4v) is 3.71. The Kier molecular flexibility index (Phi) is 5.24. The normalized spacial score (nSPS) is 19.9. The maximum atomic E-state index is 12.5. The lowest BCUT2D eigenvalue weighted by Gasteiger charge is -2.42. The summed E-state index contributed by atoms with van der Waals surface area (Å²) in [5.74, 6) is 1.09. The summed E-state index contributed by atoms with van der Waals surface area (Å²) >= 11 is 0. The molecular weight excluding hydrogens is 302 g/mol. The van der Waals surface area contributed by atoms with Crippen LogP contribution in [0.25, 0.3) is 0 Å². The number of amides is 1. The van der Waals surface area contributed by atoms with Crippen molar-refractivity contribution in [2.75, 3.05) is 26.8 Å². The minimum atomic E-state index is -0.123. The van der Waals surface area contributed by atoms with Gasteiger partial charge in [0.15, 0.2) is 0 Å². The third kappa shape index (κ3) is 3.81. The molecule has 4 heteroatoms. The first-order valence-corrected chi connectivity index (χ1v) is 8.84. The van der Waals surface area contributed by atoms with Crippen LogP contribution < -0.4 is 4.74 Å². The van der Waals surface area contributed by atoms with Crippen molar-refractivity contribution in [3.8, 4) is 5.75 Å². The summed E-state index contributed by atoms with van der Waals surface area (Å²) in [6.45, 7) is 4.56. The molecule has 1 saturated heterocycles. The van der Waals surface area contributed by atoms with Crippen molar-refractivity contribution in [2.45, 2.75) is 44.6 Å². The molecule has 2 heterocycles. The SMILES string of the molecule is COc1ccccc1CCC(=O)N1CCC2(C=C(C)CCO2)CC1. The van der Waals surface area contributed by atoms with Gasteiger partial charge in [-0.05, 0) is 44.2 Å². The molecule has 2 aliphatic rings. The lowest BCUT2D eigenvalue weighted by molar-refractivity contribution is -0.136. The van der Waals surface area contributed by atoms with Crippen LogP contribution >= 0.6 is 0 Å². The zero-order valence-corrected chi connectivity index (χ0v) is 14.7. The van der Waals surface area contributed by atoms with Gasteiger partial charge < -0.3 is 14.4 Å². The molecule has 0 atom stereocenters. The summed E-state index contributed by atoms with van der Waals surface area (Å²) in [6, 6.07) is 7.91. The molecule has 1 aromatic carbocycles. The predicted octanol–water partition coefficient (Wildman–Crippen LogP) is 3.36. The lowest BCUT2D eigenvalue weighted by Crippen LogP contribution is -2.48. The molecule has 1 spiro atoms. The van der Waals surface area contributed by atoms with E-state index in [1.54, 1.807) is 7.11 Å². The van der Waals surface area contributed by atoms with E-state index in [2.05, 4.69) is 13.0 Å². The molecule has 1 aromatic rings. The van der Waals surface area contributed by atoms with E-state index in [9.17, 15) is 4.79 Å². The van der Waals surface area contributed by atoms with Gasteiger partial charge in [-0.1, -0.05) is 29.8 Å². The largest absolute Gasteiger partial charge is 0.496 e. The minimum Gasteiger partial charge on any atom is -0.496 e. The Balaban J connectivity index is 1.53. The monoisotopic (exact) mass is 329 g/mol. The summed E-state index contributed by atoms with van der Waals surface area (Å²) in [5, 5.41) is 0. The van der Waals surface area contributed by atoms with E-state index in [4.69, 9.17) is 9.47 Å². The number of para-hydroxylation sites is 1. The zero-order valence-electron chi connectivity index (χ0n) is 14.7. The molecule has 0 radical (unpaired) electrons. The topological polar surface area (TPSA) is 38.8 Å². The number of nitrogens with zero attached hydrogens (tertiary/aromatic N) is 1. The van der Waals surface area contributed by atoms with Gasteiger partial charge in [0.25, 0.3) is 0 Å². The van der Waals surface area contributed by atoms with Crippen LogP contribution in [0.1, 0.15) is 38.2 Å². The molecule has 24 heavy (non-hydrogen) atoms. The predicted molar refractivity (Wildman–Crippen MR) is 94.2 cm³/mol. The molecule has 1 amide bonds. The Morgan fingerprint density at radius 3 is 2.75 bits per heavy atom. The third-order valence-electron chi connectivity index (χ3n) is 5.16. The van der Waals surface area contributed by atoms with Gasteiger partial charge in [-0.2, -0.15) is 0 Å². The Bertz CT molecular complexity index is 615. The Morgan fingerprint density at radius 1 is 1.29 bits per heavy atom. The summed E-state index contributed by atoms with van der Waals surface area (Å²) in [4.78, 5) is 14.5. The maximum Gasteiger partial charge on any atom is 0.222 e. The average molecular weight is 329 g/mol. The van der Waals surface area contributed by atoms with Crippen LogP contribution in [0.2, 0.25) is 0 Å². The van der Waals surface area contributed by atoms with Gasteiger partial charge in [0.2, 0.25) is 5.91 Å². The molecule has 0 saturated carbocycles. The number of carbonyl (C=O) groups excluding carboxylic acids is 1. The Hall–Kier alpha value is -1.81. The van der Waals surface area contributed by atoms with Crippen LogP contribution in [0.15, 0.2) is 35.9 Å². The van der Waals surface area contributed by atoms with Crippen LogP contribution in [0, 0.1) is 0 Å². The van der Waals surface area contributed by atoms with Crippen molar-refractivity contribution in [1.29, 1.82) is 0 Å².